The number of anilines is 1. The van der Waals surface area contributed by atoms with E-state index in [1.54, 1.807) is 24.3 Å². The molecule has 8 heteroatoms. The van der Waals surface area contributed by atoms with E-state index in [9.17, 15) is 14.4 Å². The average molecular weight is 386 g/mol. The van der Waals surface area contributed by atoms with Gasteiger partial charge in [0.15, 0.2) is 0 Å². The van der Waals surface area contributed by atoms with E-state index in [4.69, 9.17) is 5.73 Å². The second-order valence-electron chi connectivity index (χ2n) is 5.87. The minimum Gasteiger partial charge on any atom is -0.468 e. The van der Waals surface area contributed by atoms with Gasteiger partial charge in [-0.1, -0.05) is 26.0 Å². The largest absolute Gasteiger partial charge is 0.468 e. The first-order valence-corrected chi connectivity index (χ1v) is 8.34. The number of nitrogens with one attached hydrogen (secondary N) is 2. The quantitative estimate of drug-likeness (QED) is 0.560. The SMILES string of the molecule is CCC(CC)(CN)C(=O)Nc1ccc(CC(=O)NCC(=O)OC)cc1.Cl. The third-order valence-corrected chi connectivity index (χ3v) is 4.46. The summed E-state index contributed by atoms with van der Waals surface area (Å²) in [6.45, 7) is 4.04. The van der Waals surface area contributed by atoms with Gasteiger partial charge in [0.25, 0.3) is 0 Å². The molecule has 0 radical (unpaired) electrons. The van der Waals surface area contributed by atoms with Crippen molar-refractivity contribution in [2.75, 3.05) is 25.5 Å². The number of methoxy groups -OCH3 is 1. The lowest BCUT2D eigenvalue weighted by Crippen LogP contribution is -2.41. The molecule has 7 nitrogen and oxygen atoms in total. The molecule has 146 valence electrons. The normalized spacial score (nSPS) is 10.5. The molecule has 0 saturated carbocycles. The Morgan fingerprint density at radius 3 is 2.15 bits per heavy atom. The van der Waals surface area contributed by atoms with E-state index in [2.05, 4.69) is 15.4 Å². The maximum Gasteiger partial charge on any atom is 0.325 e. The molecule has 1 rings (SSSR count). The summed E-state index contributed by atoms with van der Waals surface area (Å²) >= 11 is 0. The fraction of sp³-hybridized carbons (Fsp3) is 0.500. The molecular formula is C18H28ClN3O4. The molecule has 26 heavy (non-hydrogen) atoms. The van der Waals surface area contributed by atoms with Crippen molar-refractivity contribution in [3.05, 3.63) is 29.8 Å². The topological polar surface area (TPSA) is 111 Å². The Hall–Kier alpha value is -2.12. The molecule has 0 aromatic heterocycles. The number of rotatable bonds is 9. The van der Waals surface area contributed by atoms with Crippen molar-refractivity contribution in [2.45, 2.75) is 33.1 Å². The zero-order valence-corrected chi connectivity index (χ0v) is 16.3. The number of hydrogen-bond donors (Lipinski definition) is 3. The third kappa shape index (κ3) is 6.65. The lowest BCUT2D eigenvalue weighted by Gasteiger charge is -2.28. The van der Waals surface area contributed by atoms with E-state index in [1.165, 1.54) is 7.11 Å². The second-order valence-corrected chi connectivity index (χ2v) is 5.87. The van der Waals surface area contributed by atoms with Crippen molar-refractivity contribution < 1.29 is 19.1 Å². The number of halogens is 1. The summed E-state index contributed by atoms with van der Waals surface area (Å²) in [5.41, 5.74) is 6.65. The van der Waals surface area contributed by atoms with Gasteiger partial charge in [-0.15, -0.1) is 12.4 Å². The van der Waals surface area contributed by atoms with Gasteiger partial charge in [-0.3, -0.25) is 14.4 Å². The summed E-state index contributed by atoms with van der Waals surface area (Å²) in [6, 6.07) is 7.01. The Morgan fingerprint density at radius 1 is 1.12 bits per heavy atom. The molecule has 0 fully saturated rings. The van der Waals surface area contributed by atoms with Crippen molar-refractivity contribution in [1.29, 1.82) is 0 Å². The van der Waals surface area contributed by atoms with Gasteiger partial charge in [0.1, 0.15) is 6.54 Å². The van der Waals surface area contributed by atoms with Crippen LogP contribution in [0.2, 0.25) is 0 Å². The molecule has 0 aliphatic carbocycles. The molecule has 0 saturated heterocycles. The monoisotopic (exact) mass is 385 g/mol. The number of benzene rings is 1. The first-order chi connectivity index (χ1) is 11.9. The van der Waals surface area contributed by atoms with Gasteiger partial charge in [-0.25, -0.2) is 0 Å². The Morgan fingerprint density at radius 2 is 1.69 bits per heavy atom. The van der Waals surface area contributed by atoms with Gasteiger partial charge in [-0.2, -0.15) is 0 Å². The highest BCUT2D eigenvalue weighted by molar-refractivity contribution is 5.95. The zero-order chi connectivity index (χ0) is 18.9. The highest BCUT2D eigenvalue weighted by Gasteiger charge is 2.33. The molecule has 0 aliphatic heterocycles. The van der Waals surface area contributed by atoms with Gasteiger partial charge >= 0.3 is 5.97 Å². The van der Waals surface area contributed by atoms with E-state index < -0.39 is 11.4 Å². The average Bonchev–Trinajstić information content (AvgIpc) is 2.63. The lowest BCUT2D eigenvalue weighted by atomic mass is 9.81. The van der Waals surface area contributed by atoms with E-state index in [1.807, 2.05) is 13.8 Å². The van der Waals surface area contributed by atoms with Crippen molar-refractivity contribution >= 4 is 35.9 Å². The van der Waals surface area contributed by atoms with E-state index in [-0.39, 0.29) is 37.2 Å². The molecule has 0 spiro atoms. The van der Waals surface area contributed by atoms with Crippen molar-refractivity contribution in [2.24, 2.45) is 11.1 Å². The highest BCUT2D eigenvalue weighted by Crippen LogP contribution is 2.27. The molecule has 1 aromatic carbocycles. The second kappa shape index (κ2) is 11.5. The molecule has 0 bridgehead atoms. The first kappa shape index (κ1) is 23.9. The maximum atomic E-state index is 12.5. The third-order valence-electron chi connectivity index (χ3n) is 4.46. The van der Waals surface area contributed by atoms with Crippen LogP contribution in [0.1, 0.15) is 32.3 Å². The molecule has 2 amide bonds. The predicted molar refractivity (Wildman–Crippen MR) is 103 cm³/mol. The molecular weight excluding hydrogens is 358 g/mol. The number of ether oxygens (including phenoxy) is 1. The Bertz CT molecular complexity index is 593. The van der Waals surface area contributed by atoms with Crippen LogP contribution in [-0.2, 0) is 25.5 Å². The summed E-state index contributed by atoms with van der Waals surface area (Å²) in [5.74, 6) is -0.869. The molecule has 0 atom stereocenters. The van der Waals surface area contributed by atoms with Crippen LogP contribution in [0.15, 0.2) is 24.3 Å². The van der Waals surface area contributed by atoms with Gasteiger partial charge in [-0.05, 0) is 30.5 Å². The minimum atomic E-state index is -0.563. The van der Waals surface area contributed by atoms with E-state index in [0.29, 0.717) is 25.1 Å². The fourth-order valence-electron chi connectivity index (χ4n) is 2.41. The van der Waals surface area contributed by atoms with Crippen LogP contribution >= 0.6 is 12.4 Å². The standard InChI is InChI=1S/C18H27N3O4.ClH/c1-4-18(5-2,12-19)17(24)21-14-8-6-13(7-9-14)10-15(22)20-11-16(23)25-3;/h6-9H,4-5,10-12,19H2,1-3H3,(H,20,22)(H,21,24);1H. The highest BCUT2D eigenvalue weighted by atomic mass is 35.5. The predicted octanol–water partition coefficient (Wildman–Crippen LogP) is 1.64. The number of nitrogens with two attached hydrogens (primary N) is 1. The van der Waals surface area contributed by atoms with Crippen LogP contribution in [0, 0.1) is 5.41 Å². The van der Waals surface area contributed by atoms with Crippen molar-refractivity contribution in [3.63, 3.8) is 0 Å². The zero-order valence-electron chi connectivity index (χ0n) is 15.5. The molecule has 0 unspecified atom stereocenters. The number of carbonyl (C=O) groups is 3. The molecule has 0 heterocycles. The number of hydrogen-bond acceptors (Lipinski definition) is 5. The van der Waals surface area contributed by atoms with Crippen LogP contribution in [0.3, 0.4) is 0 Å². The summed E-state index contributed by atoms with van der Waals surface area (Å²) in [4.78, 5) is 35.2. The number of amides is 2. The Balaban J connectivity index is 0.00000625. The smallest absolute Gasteiger partial charge is 0.325 e. The molecule has 1 aromatic rings. The summed E-state index contributed by atoms with van der Waals surface area (Å²) in [7, 11) is 1.26. The maximum absolute atomic E-state index is 12.5. The number of carbonyl (C=O) groups excluding carboxylic acids is 3. The molecule has 0 aliphatic rings. The first-order valence-electron chi connectivity index (χ1n) is 8.34. The van der Waals surface area contributed by atoms with Gasteiger partial charge < -0.3 is 21.1 Å². The van der Waals surface area contributed by atoms with Gasteiger partial charge in [0.05, 0.1) is 18.9 Å². The van der Waals surface area contributed by atoms with E-state index in [0.717, 1.165) is 5.56 Å². The van der Waals surface area contributed by atoms with Crippen LogP contribution in [0.5, 0.6) is 0 Å². The van der Waals surface area contributed by atoms with Crippen LogP contribution in [0.25, 0.3) is 0 Å². The molecule has 4 N–H and O–H groups in total. The van der Waals surface area contributed by atoms with Crippen molar-refractivity contribution in [3.8, 4) is 0 Å². The number of esters is 1. The van der Waals surface area contributed by atoms with Crippen LogP contribution < -0.4 is 16.4 Å². The summed E-state index contributed by atoms with van der Waals surface area (Å²) < 4.78 is 4.46. The van der Waals surface area contributed by atoms with Gasteiger partial charge in [0.2, 0.25) is 11.8 Å². The van der Waals surface area contributed by atoms with Gasteiger partial charge in [0, 0.05) is 12.2 Å². The lowest BCUT2D eigenvalue weighted by molar-refractivity contribution is -0.141. The van der Waals surface area contributed by atoms with Crippen LogP contribution in [-0.4, -0.2) is 38.0 Å². The van der Waals surface area contributed by atoms with Crippen molar-refractivity contribution in [1.82, 2.24) is 5.32 Å². The summed E-state index contributed by atoms with van der Waals surface area (Å²) in [5, 5.41) is 5.36. The Labute approximate surface area is 160 Å². The fourth-order valence-corrected chi connectivity index (χ4v) is 2.41. The van der Waals surface area contributed by atoms with Crippen LogP contribution in [0.4, 0.5) is 5.69 Å². The Kier molecular flexibility index (Phi) is 10.6. The van der Waals surface area contributed by atoms with E-state index >= 15 is 0 Å². The summed E-state index contributed by atoms with van der Waals surface area (Å²) in [6.07, 6.45) is 1.48. The minimum absolute atomic E-state index is 0.